The third-order valence-electron chi connectivity index (χ3n) is 3.15. The SMILES string of the molecule is Cc1cc(C(=O)N(CCC#N)Cc2cccnc2)c(C)o1. The van der Waals surface area contributed by atoms with E-state index < -0.39 is 0 Å². The Morgan fingerprint density at radius 2 is 2.29 bits per heavy atom. The summed E-state index contributed by atoms with van der Waals surface area (Å²) in [6.45, 7) is 4.39. The number of amides is 1. The summed E-state index contributed by atoms with van der Waals surface area (Å²) in [5.41, 5.74) is 1.48. The summed E-state index contributed by atoms with van der Waals surface area (Å²) < 4.78 is 5.42. The fraction of sp³-hybridized carbons (Fsp3) is 0.312. The van der Waals surface area contributed by atoms with Gasteiger partial charge in [-0.1, -0.05) is 6.07 Å². The lowest BCUT2D eigenvalue weighted by molar-refractivity contribution is 0.0745. The first kappa shape index (κ1) is 14.8. The van der Waals surface area contributed by atoms with E-state index in [1.165, 1.54) is 0 Å². The summed E-state index contributed by atoms with van der Waals surface area (Å²) >= 11 is 0. The van der Waals surface area contributed by atoms with Gasteiger partial charge in [-0.2, -0.15) is 5.26 Å². The second-order valence-electron chi connectivity index (χ2n) is 4.82. The summed E-state index contributed by atoms with van der Waals surface area (Å²) in [6, 6.07) is 7.55. The van der Waals surface area contributed by atoms with Crippen molar-refractivity contribution in [2.75, 3.05) is 6.54 Å². The summed E-state index contributed by atoms with van der Waals surface area (Å²) in [5, 5.41) is 8.77. The molecule has 5 heteroatoms. The van der Waals surface area contributed by atoms with Gasteiger partial charge in [-0.25, -0.2) is 0 Å². The topological polar surface area (TPSA) is 70.1 Å². The van der Waals surface area contributed by atoms with Crippen molar-refractivity contribution >= 4 is 5.91 Å². The van der Waals surface area contributed by atoms with Crippen molar-refractivity contribution in [1.29, 1.82) is 5.26 Å². The average Bonchev–Trinajstić information content (AvgIpc) is 2.82. The molecule has 0 unspecified atom stereocenters. The van der Waals surface area contributed by atoms with Crippen LogP contribution in [0.1, 0.15) is 33.9 Å². The molecule has 0 bridgehead atoms. The number of rotatable bonds is 5. The van der Waals surface area contributed by atoms with Crippen LogP contribution >= 0.6 is 0 Å². The van der Waals surface area contributed by atoms with E-state index in [2.05, 4.69) is 11.1 Å². The molecule has 2 heterocycles. The van der Waals surface area contributed by atoms with Crippen LogP contribution in [-0.2, 0) is 6.54 Å². The number of carbonyl (C=O) groups excluding carboxylic acids is 1. The molecule has 2 aromatic rings. The zero-order chi connectivity index (χ0) is 15.2. The van der Waals surface area contributed by atoms with Gasteiger partial charge in [0.05, 0.1) is 18.1 Å². The molecule has 0 spiro atoms. The van der Waals surface area contributed by atoms with Gasteiger partial charge in [0.2, 0.25) is 0 Å². The minimum atomic E-state index is -0.122. The van der Waals surface area contributed by atoms with E-state index >= 15 is 0 Å². The Kier molecular flexibility index (Phi) is 4.72. The number of pyridine rings is 1. The van der Waals surface area contributed by atoms with Crippen LogP contribution in [0.15, 0.2) is 35.0 Å². The number of aromatic nitrogens is 1. The molecule has 0 aliphatic carbocycles. The van der Waals surface area contributed by atoms with Gasteiger partial charge in [0.15, 0.2) is 0 Å². The maximum Gasteiger partial charge on any atom is 0.257 e. The molecule has 5 nitrogen and oxygen atoms in total. The van der Waals surface area contributed by atoms with Gasteiger partial charge < -0.3 is 9.32 Å². The Morgan fingerprint density at radius 1 is 1.48 bits per heavy atom. The van der Waals surface area contributed by atoms with Gasteiger partial charge in [-0.05, 0) is 31.5 Å². The van der Waals surface area contributed by atoms with E-state index in [-0.39, 0.29) is 5.91 Å². The molecule has 0 aliphatic heterocycles. The van der Waals surface area contributed by atoms with E-state index in [0.29, 0.717) is 36.6 Å². The first-order valence-corrected chi connectivity index (χ1v) is 6.74. The van der Waals surface area contributed by atoms with Gasteiger partial charge in [0, 0.05) is 25.5 Å². The molecule has 108 valence electrons. The van der Waals surface area contributed by atoms with E-state index in [1.807, 2.05) is 19.1 Å². The van der Waals surface area contributed by atoms with Crippen LogP contribution in [0.5, 0.6) is 0 Å². The number of hydrogen-bond acceptors (Lipinski definition) is 4. The molecule has 2 aromatic heterocycles. The molecular weight excluding hydrogens is 266 g/mol. The number of nitriles is 1. The highest BCUT2D eigenvalue weighted by Gasteiger charge is 2.20. The van der Waals surface area contributed by atoms with Crippen LogP contribution in [0, 0.1) is 25.2 Å². The average molecular weight is 283 g/mol. The fourth-order valence-electron chi connectivity index (χ4n) is 2.16. The van der Waals surface area contributed by atoms with Gasteiger partial charge in [0.1, 0.15) is 11.5 Å². The third kappa shape index (κ3) is 3.69. The maximum atomic E-state index is 12.6. The van der Waals surface area contributed by atoms with Crippen molar-refractivity contribution in [3.63, 3.8) is 0 Å². The van der Waals surface area contributed by atoms with Crippen molar-refractivity contribution in [3.05, 3.63) is 53.2 Å². The molecule has 0 saturated carbocycles. The van der Waals surface area contributed by atoms with E-state index in [9.17, 15) is 4.79 Å². The lowest BCUT2D eigenvalue weighted by Crippen LogP contribution is -2.31. The van der Waals surface area contributed by atoms with E-state index in [4.69, 9.17) is 9.68 Å². The first-order valence-electron chi connectivity index (χ1n) is 6.74. The number of carbonyl (C=O) groups is 1. The predicted octanol–water partition coefficient (Wildman–Crippen LogP) is 2.85. The molecule has 0 N–H and O–H groups in total. The lowest BCUT2D eigenvalue weighted by atomic mass is 10.2. The normalized spacial score (nSPS) is 10.1. The number of furan rings is 1. The molecular formula is C16H17N3O2. The van der Waals surface area contributed by atoms with Crippen LogP contribution < -0.4 is 0 Å². The Balaban J connectivity index is 2.21. The van der Waals surface area contributed by atoms with Crippen LogP contribution in [0.3, 0.4) is 0 Å². The van der Waals surface area contributed by atoms with Crippen molar-refractivity contribution in [1.82, 2.24) is 9.88 Å². The fourth-order valence-corrected chi connectivity index (χ4v) is 2.16. The highest BCUT2D eigenvalue weighted by atomic mass is 16.3. The van der Waals surface area contributed by atoms with Crippen LogP contribution in [-0.4, -0.2) is 22.3 Å². The van der Waals surface area contributed by atoms with E-state index in [0.717, 1.165) is 5.56 Å². The second kappa shape index (κ2) is 6.71. The Hall–Kier alpha value is -2.61. The smallest absolute Gasteiger partial charge is 0.257 e. The molecule has 0 aliphatic rings. The first-order chi connectivity index (χ1) is 10.1. The standard InChI is InChI=1S/C16H17N3O2/c1-12-9-15(13(2)21-12)16(20)19(8-4-6-17)11-14-5-3-7-18-10-14/h3,5,7,9-10H,4,8,11H2,1-2H3. The maximum absolute atomic E-state index is 12.6. The Bertz CT molecular complexity index is 656. The molecule has 0 fully saturated rings. The molecule has 0 saturated heterocycles. The van der Waals surface area contributed by atoms with Crippen molar-refractivity contribution in [2.45, 2.75) is 26.8 Å². The molecule has 21 heavy (non-hydrogen) atoms. The molecule has 0 radical (unpaired) electrons. The largest absolute Gasteiger partial charge is 0.466 e. The monoisotopic (exact) mass is 283 g/mol. The van der Waals surface area contributed by atoms with Crippen LogP contribution in [0.2, 0.25) is 0 Å². The summed E-state index contributed by atoms with van der Waals surface area (Å²) in [7, 11) is 0. The number of nitrogens with zero attached hydrogens (tertiary/aromatic N) is 3. The Morgan fingerprint density at radius 3 is 2.86 bits per heavy atom. The quantitative estimate of drug-likeness (QED) is 0.846. The highest BCUT2D eigenvalue weighted by Crippen LogP contribution is 2.17. The summed E-state index contributed by atoms with van der Waals surface area (Å²) in [4.78, 5) is 18.3. The minimum Gasteiger partial charge on any atom is -0.466 e. The predicted molar refractivity (Wildman–Crippen MR) is 77.4 cm³/mol. The highest BCUT2D eigenvalue weighted by molar-refractivity contribution is 5.95. The van der Waals surface area contributed by atoms with Crippen molar-refractivity contribution in [2.24, 2.45) is 0 Å². The zero-order valence-corrected chi connectivity index (χ0v) is 12.2. The van der Waals surface area contributed by atoms with Crippen molar-refractivity contribution in [3.8, 4) is 6.07 Å². The number of hydrogen-bond donors (Lipinski definition) is 0. The van der Waals surface area contributed by atoms with Gasteiger partial charge in [0.25, 0.3) is 5.91 Å². The van der Waals surface area contributed by atoms with E-state index in [1.54, 1.807) is 30.3 Å². The number of aryl methyl sites for hydroxylation is 2. The molecule has 0 atom stereocenters. The summed E-state index contributed by atoms with van der Waals surface area (Å²) in [5.74, 6) is 1.19. The third-order valence-corrected chi connectivity index (χ3v) is 3.15. The summed E-state index contributed by atoms with van der Waals surface area (Å²) in [6.07, 6.45) is 3.70. The Labute approximate surface area is 123 Å². The van der Waals surface area contributed by atoms with Crippen LogP contribution in [0.4, 0.5) is 0 Å². The van der Waals surface area contributed by atoms with Gasteiger partial charge in [-0.15, -0.1) is 0 Å². The lowest BCUT2D eigenvalue weighted by Gasteiger charge is -2.21. The minimum absolute atomic E-state index is 0.122. The zero-order valence-electron chi connectivity index (χ0n) is 12.2. The van der Waals surface area contributed by atoms with Crippen LogP contribution in [0.25, 0.3) is 0 Å². The molecule has 0 aromatic carbocycles. The van der Waals surface area contributed by atoms with Gasteiger partial charge in [-0.3, -0.25) is 9.78 Å². The molecule has 1 amide bonds. The molecule has 2 rings (SSSR count). The van der Waals surface area contributed by atoms with Gasteiger partial charge >= 0.3 is 0 Å². The van der Waals surface area contributed by atoms with Crippen molar-refractivity contribution < 1.29 is 9.21 Å². The second-order valence-corrected chi connectivity index (χ2v) is 4.82.